The van der Waals surface area contributed by atoms with Gasteiger partial charge < -0.3 is 15.5 Å². The van der Waals surface area contributed by atoms with Gasteiger partial charge in [0.05, 0.1) is 17.8 Å². The number of hydrogen-bond acceptors (Lipinski definition) is 5. The van der Waals surface area contributed by atoms with Crippen LogP contribution in [0.2, 0.25) is 0 Å². The van der Waals surface area contributed by atoms with Gasteiger partial charge in [-0.2, -0.15) is 0 Å². The van der Waals surface area contributed by atoms with Crippen molar-refractivity contribution in [2.45, 2.75) is 19.4 Å². The molecule has 1 aliphatic heterocycles. The minimum Gasteiger partial charge on any atom is -0.359 e. The summed E-state index contributed by atoms with van der Waals surface area (Å²) in [5.74, 6) is 1.03. The van der Waals surface area contributed by atoms with Crippen molar-refractivity contribution >= 4 is 23.3 Å². The Morgan fingerprint density at radius 3 is 3.00 bits per heavy atom. The van der Waals surface area contributed by atoms with Gasteiger partial charge in [0, 0.05) is 31.7 Å². The molecule has 7 nitrogen and oxygen atoms in total. The number of carbonyl (C=O) groups is 2. The number of nitrogens with one attached hydrogen (secondary N) is 2. The molecule has 0 atom stereocenters. The van der Waals surface area contributed by atoms with Crippen LogP contribution in [0, 0.1) is 5.92 Å². The predicted molar refractivity (Wildman–Crippen MR) is 93.2 cm³/mol. The average molecular weight is 337 g/mol. The van der Waals surface area contributed by atoms with Crippen molar-refractivity contribution in [2.75, 3.05) is 23.3 Å². The van der Waals surface area contributed by atoms with E-state index in [4.69, 9.17) is 0 Å². The summed E-state index contributed by atoms with van der Waals surface area (Å²) in [5, 5.41) is 5.88. The average Bonchev–Trinajstić information content (AvgIpc) is 3.47. The molecule has 128 valence electrons. The molecule has 2 amide bonds. The standard InChI is InChI=1S/C18H19N5O2/c24-16-10-21-17-15(23(16)11-12-3-4-12)6-14(9-20-17)18(25)22-8-13-2-1-5-19-7-13/h1-2,5-7,9,12H,3-4,8,10-11H2,(H,20,21)(H,22,25). The van der Waals surface area contributed by atoms with Gasteiger partial charge in [-0.15, -0.1) is 0 Å². The zero-order valence-electron chi connectivity index (χ0n) is 13.7. The molecule has 1 aliphatic carbocycles. The summed E-state index contributed by atoms with van der Waals surface area (Å²) in [4.78, 5) is 34.8. The summed E-state index contributed by atoms with van der Waals surface area (Å²) >= 11 is 0. The SMILES string of the molecule is O=C(NCc1cccnc1)c1cnc2c(c1)N(CC1CC1)C(=O)CN2. The predicted octanol–water partition coefficient (Wildman–Crippen LogP) is 1.58. The minimum atomic E-state index is -0.219. The molecule has 0 radical (unpaired) electrons. The highest BCUT2D eigenvalue weighted by atomic mass is 16.2. The molecule has 2 aromatic heterocycles. The van der Waals surface area contributed by atoms with Gasteiger partial charge in [0.25, 0.3) is 5.91 Å². The molecule has 25 heavy (non-hydrogen) atoms. The van der Waals surface area contributed by atoms with Crippen molar-refractivity contribution < 1.29 is 9.59 Å². The van der Waals surface area contributed by atoms with Gasteiger partial charge in [0.15, 0.2) is 0 Å². The van der Waals surface area contributed by atoms with E-state index in [0.29, 0.717) is 36.1 Å². The van der Waals surface area contributed by atoms with Gasteiger partial charge in [-0.3, -0.25) is 14.6 Å². The molecule has 3 heterocycles. The van der Waals surface area contributed by atoms with Crippen molar-refractivity contribution in [3.63, 3.8) is 0 Å². The van der Waals surface area contributed by atoms with Crippen molar-refractivity contribution in [1.82, 2.24) is 15.3 Å². The summed E-state index contributed by atoms with van der Waals surface area (Å²) in [5.41, 5.74) is 2.06. The van der Waals surface area contributed by atoms with Gasteiger partial charge in [0.1, 0.15) is 5.82 Å². The Morgan fingerprint density at radius 2 is 2.24 bits per heavy atom. The number of hydrogen-bond donors (Lipinski definition) is 2. The Balaban J connectivity index is 1.51. The van der Waals surface area contributed by atoms with Crippen LogP contribution in [0.15, 0.2) is 36.8 Å². The van der Waals surface area contributed by atoms with Crippen LogP contribution < -0.4 is 15.5 Å². The van der Waals surface area contributed by atoms with E-state index in [2.05, 4.69) is 20.6 Å². The Bertz CT molecular complexity index is 804. The minimum absolute atomic E-state index is 0.0223. The van der Waals surface area contributed by atoms with Crippen LogP contribution in [0.25, 0.3) is 0 Å². The lowest BCUT2D eigenvalue weighted by molar-refractivity contribution is -0.117. The molecule has 0 spiro atoms. The maximum Gasteiger partial charge on any atom is 0.253 e. The summed E-state index contributed by atoms with van der Waals surface area (Å²) in [7, 11) is 0. The summed E-state index contributed by atoms with van der Waals surface area (Å²) in [6.45, 7) is 1.35. The first-order chi connectivity index (χ1) is 12.2. The number of pyridine rings is 2. The maximum absolute atomic E-state index is 12.4. The monoisotopic (exact) mass is 337 g/mol. The van der Waals surface area contributed by atoms with Gasteiger partial charge in [-0.1, -0.05) is 6.07 Å². The number of anilines is 2. The third kappa shape index (κ3) is 3.45. The summed E-state index contributed by atoms with van der Waals surface area (Å²) in [6, 6.07) is 5.47. The third-order valence-electron chi connectivity index (χ3n) is 4.44. The fourth-order valence-corrected chi connectivity index (χ4v) is 2.85. The molecular formula is C18H19N5O2. The lowest BCUT2D eigenvalue weighted by atomic mass is 10.1. The van der Waals surface area contributed by atoms with Gasteiger partial charge in [-0.05, 0) is 36.5 Å². The first-order valence-corrected chi connectivity index (χ1v) is 8.42. The van der Waals surface area contributed by atoms with Crippen LogP contribution >= 0.6 is 0 Å². The van der Waals surface area contributed by atoms with Crippen LogP contribution in [0.3, 0.4) is 0 Å². The maximum atomic E-state index is 12.4. The molecule has 7 heteroatoms. The highest BCUT2D eigenvalue weighted by Crippen LogP contribution is 2.35. The Kier molecular flexibility index (Phi) is 4.05. The highest BCUT2D eigenvalue weighted by molar-refractivity contribution is 6.04. The number of rotatable bonds is 5. The molecule has 1 saturated carbocycles. The number of aromatic nitrogens is 2. The molecule has 4 rings (SSSR count). The number of carbonyl (C=O) groups excluding carboxylic acids is 2. The zero-order valence-corrected chi connectivity index (χ0v) is 13.7. The summed E-state index contributed by atoms with van der Waals surface area (Å²) in [6.07, 6.45) is 7.26. The lowest BCUT2D eigenvalue weighted by Crippen LogP contribution is -2.41. The van der Waals surface area contributed by atoms with E-state index in [9.17, 15) is 9.59 Å². The van der Waals surface area contributed by atoms with E-state index < -0.39 is 0 Å². The van der Waals surface area contributed by atoms with Crippen LogP contribution in [0.5, 0.6) is 0 Å². The molecular weight excluding hydrogens is 318 g/mol. The van der Waals surface area contributed by atoms with E-state index in [1.54, 1.807) is 23.4 Å². The van der Waals surface area contributed by atoms with E-state index >= 15 is 0 Å². The Morgan fingerprint density at radius 1 is 1.36 bits per heavy atom. The van der Waals surface area contributed by atoms with Crippen molar-refractivity contribution in [3.05, 3.63) is 47.9 Å². The van der Waals surface area contributed by atoms with Crippen LogP contribution in [-0.4, -0.2) is 34.9 Å². The normalized spacial score (nSPS) is 16.2. The van der Waals surface area contributed by atoms with E-state index in [1.165, 1.54) is 6.20 Å². The fourth-order valence-electron chi connectivity index (χ4n) is 2.85. The van der Waals surface area contributed by atoms with Crippen LogP contribution in [0.1, 0.15) is 28.8 Å². The topological polar surface area (TPSA) is 87.2 Å². The fraction of sp³-hybridized carbons (Fsp3) is 0.333. The lowest BCUT2D eigenvalue weighted by Gasteiger charge is -2.29. The molecule has 0 unspecified atom stereocenters. The molecule has 0 bridgehead atoms. The van der Waals surface area contributed by atoms with E-state index in [-0.39, 0.29) is 18.4 Å². The molecule has 1 fully saturated rings. The Hall–Kier alpha value is -2.96. The first-order valence-electron chi connectivity index (χ1n) is 8.42. The van der Waals surface area contributed by atoms with Crippen molar-refractivity contribution in [3.8, 4) is 0 Å². The van der Waals surface area contributed by atoms with Crippen molar-refractivity contribution in [1.29, 1.82) is 0 Å². The highest BCUT2D eigenvalue weighted by Gasteiger charge is 2.32. The second kappa shape index (κ2) is 6.51. The van der Waals surface area contributed by atoms with Gasteiger partial charge in [0.2, 0.25) is 5.91 Å². The van der Waals surface area contributed by atoms with Gasteiger partial charge >= 0.3 is 0 Å². The van der Waals surface area contributed by atoms with E-state index in [0.717, 1.165) is 18.4 Å². The molecule has 0 saturated heterocycles. The van der Waals surface area contributed by atoms with Crippen LogP contribution in [0.4, 0.5) is 11.5 Å². The number of fused-ring (bicyclic) bond motifs is 1. The third-order valence-corrected chi connectivity index (χ3v) is 4.44. The number of nitrogens with zero attached hydrogens (tertiary/aromatic N) is 3. The van der Waals surface area contributed by atoms with Gasteiger partial charge in [-0.25, -0.2) is 4.98 Å². The Labute approximate surface area is 145 Å². The first kappa shape index (κ1) is 15.6. The van der Waals surface area contributed by atoms with E-state index in [1.807, 2.05) is 12.1 Å². The number of amides is 2. The van der Waals surface area contributed by atoms with Crippen LogP contribution in [-0.2, 0) is 11.3 Å². The summed E-state index contributed by atoms with van der Waals surface area (Å²) < 4.78 is 0. The molecule has 2 aromatic rings. The van der Waals surface area contributed by atoms with Crippen molar-refractivity contribution in [2.24, 2.45) is 5.92 Å². The second-order valence-corrected chi connectivity index (χ2v) is 6.44. The quantitative estimate of drug-likeness (QED) is 0.865. The smallest absolute Gasteiger partial charge is 0.253 e. The second-order valence-electron chi connectivity index (χ2n) is 6.44. The zero-order chi connectivity index (χ0) is 17.2. The molecule has 2 aliphatic rings. The molecule has 2 N–H and O–H groups in total. The molecule has 0 aromatic carbocycles. The largest absolute Gasteiger partial charge is 0.359 e.